The number of furan rings is 1. The Labute approximate surface area is 338 Å². The first kappa shape index (κ1) is 33.9. The van der Waals surface area contributed by atoms with Crippen LogP contribution < -0.4 is 4.90 Å². The number of anilines is 3. The van der Waals surface area contributed by atoms with Crippen molar-refractivity contribution in [3.8, 4) is 44.5 Å². The molecule has 0 spiro atoms. The molecule has 0 amide bonds. The van der Waals surface area contributed by atoms with Crippen molar-refractivity contribution in [2.45, 2.75) is 12.3 Å². The summed E-state index contributed by atoms with van der Waals surface area (Å²) in [4.78, 5) is 2.36. The van der Waals surface area contributed by atoms with E-state index in [0.717, 1.165) is 50.1 Å². The maximum atomic E-state index is 6.80. The van der Waals surface area contributed by atoms with Crippen LogP contribution in [-0.4, -0.2) is 0 Å². The molecule has 0 unspecified atom stereocenters. The average molecular weight is 742 g/mol. The Kier molecular flexibility index (Phi) is 7.97. The van der Waals surface area contributed by atoms with Crippen LogP contribution in [0.5, 0.6) is 0 Å². The van der Waals surface area contributed by atoms with E-state index in [9.17, 15) is 0 Å². The Morgan fingerprint density at radius 1 is 0.345 bits per heavy atom. The minimum absolute atomic E-state index is 0.415. The van der Waals surface area contributed by atoms with Crippen LogP contribution >= 0.6 is 0 Å². The highest BCUT2D eigenvalue weighted by molar-refractivity contribution is 6.08. The molecule has 0 N–H and O–H groups in total. The smallest absolute Gasteiger partial charge is 0.139 e. The van der Waals surface area contributed by atoms with Crippen molar-refractivity contribution in [2.75, 3.05) is 4.90 Å². The van der Waals surface area contributed by atoms with Crippen molar-refractivity contribution < 1.29 is 4.42 Å². The summed E-state index contributed by atoms with van der Waals surface area (Å²) in [6.45, 7) is 2.37. The topological polar surface area (TPSA) is 16.4 Å². The minimum Gasteiger partial charge on any atom is -0.456 e. The third-order valence-electron chi connectivity index (χ3n) is 12.1. The lowest BCUT2D eigenvalue weighted by atomic mass is 9.73. The molecule has 11 rings (SSSR count). The monoisotopic (exact) mass is 741 g/mol. The quantitative estimate of drug-likeness (QED) is 0.162. The summed E-state index contributed by atoms with van der Waals surface area (Å²) >= 11 is 0. The van der Waals surface area contributed by atoms with Gasteiger partial charge < -0.3 is 9.32 Å². The van der Waals surface area contributed by atoms with Crippen molar-refractivity contribution >= 4 is 39.0 Å². The summed E-state index contributed by atoms with van der Waals surface area (Å²) in [6.07, 6.45) is 0. The second-order valence-electron chi connectivity index (χ2n) is 15.4. The number of hydrogen-bond donors (Lipinski definition) is 0. The highest BCUT2D eigenvalue weighted by atomic mass is 16.3. The number of rotatable bonds is 7. The third kappa shape index (κ3) is 5.49. The van der Waals surface area contributed by atoms with Crippen molar-refractivity contribution in [1.82, 2.24) is 0 Å². The third-order valence-corrected chi connectivity index (χ3v) is 12.1. The minimum atomic E-state index is -0.415. The Hall–Kier alpha value is -7.42. The van der Waals surface area contributed by atoms with Gasteiger partial charge in [0.25, 0.3) is 0 Å². The molecule has 1 aliphatic carbocycles. The van der Waals surface area contributed by atoms with Gasteiger partial charge in [-0.2, -0.15) is 0 Å². The van der Waals surface area contributed by atoms with E-state index in [2.05, 4.69) is 230 Å². The van der Waals surface area contributed by atoms with Gasteiger partial charge in [-0.3, -0.25) is 0 Å². The van der Waals surface area contributed by atoms with Crippen LogP contribution in [0.3, 0.4) is 0 Å². The molecule has 10 aromatic rings. The van der Waals surface area contributed by atoms with Gasteiger partial charge >= 0.3 is 0 Å². The molecule has 0 fully saturated rings. The van der Waals surface area contributed by atoms with Gasteiger partial charge in [-0.25, -0.2) is 0 Å². The molecular formula is C56H39NO. The van der Waals surface area contributed by atoms with E-state index >= 15 is 0 Å². The summed E-state index contributed by atoms with van der Waals surface area (Å²) in [6, 6.07) is 78.8. The molecule has 0 bridgehead atoms. The molecule has 0 saturated carbocycles. The highest BCUT2D eigenvalue weighted by Gasteiger charge is 2.42. The van der Waals surface area contributed by atoms with Gasteiger partial charge in [0.1, 0.15) is 11.2 Å². The first-order chi connectivity index (χ1) is 28.6. The Morgan fingerprint density at radius 2 is 0.845 bits per heavy atom. The number of benzene rings is 9. The summed E-state index contributed by atoms with van der Waals surface area (Å²) in [5.41, 5.74) is 18.1. The lowest BCUT2D eigenvalue weighted by molar-refractivity contribution is 0.638. The molecule has 1 aromatic heterocycles. The average Bonchev–Trinajstić information content (AvgIpc) is 3.80. The molecule has 58 heavy (non-hydrogen) atoms. The van der Waals surface area contributed by atoms with Crippen LogP contribution in [-0.2, 0) is 5.41 Å². The first-order valence-electron chi connectivity index (χ1n) is 20.0. The molecule has 0 atom stereocenters. The molecule has 0 radical (unpaired) electrons. The molecule has 2 nitrogen and oxygen atoms in total. The van der Waals surface area contributed by atoms with Gasteiger partial charge in [0.15, 0.2) is 0 Å². The number of para-hydroxylation sites is 1. The van der Waals surface area contributed by atoms with Crippen LogP contribution in [0.4, 0.5) is 17.1 Å². The SMILES string of the molecule is CC1(c2cc(-c3ccc(N(c4ccc(-c5ccccc5)cc4)c4cccc(-c5ccccc5)c4)cc3)cc3c2oc2ccccc23)c2ccccc2-c2ccccc21. The molecular weight excluding hydrogens is 703 g/mol. The van der Waals surface area contributed by atoms with Gasteiger partial charge in [-0.15, -0.1) is 0 Å². The van der Waals surface area contributed by atoms with Gasteiger partial charge in [-0.05, 0) is 117 Å². The van der Waals surface area contributed by atoms with E-state index in [1.165, 1.54) is 50.1 Å². The van der Waals surface area contributed by atoms with Gasteiger partial charge in [0, 0.05) is 38.8 Å². The summed E-state index contributed by atoms with van der Waals surface area (Å²) in [5.74, 6) is 0. The first-order valence-corrected chi connectivity index (χ1v) is 20.0. The van der Waals surface area contributed by atoms with Crippen LogP contribution in [0.15, 0.2) is 223 Å². The zero-order valence-electron chi connectivity index (χ0n) is 32.1. The van der Waals surface area contributed by atoms with Crippen LogP contribution in [0, 0.1) is 0 Å². The largest absolute Gasteiger partial charge is 0.456 e. The summed E-state index contributed by atoms with van der Waals surface area (Å²) < 4.78 is 6.80. The van der Waals surface area contributed by atoms with Gasteiger partial charge in [-0.1, -0.05) is 164 Å². The second kappa shape index (κ2) is 13.7. The fourth-order valence-corrected chi connectivity index (χ4v) is 9.25. The predicted octanol–water partition coefficient (Wildman–Crippen LogP) is 15.4. The maximum absolute atomic E-state index is 6.80. The van der Waals surface area contributed by atoms with Gasteiger partial charge in [0.05, 0.1) is 0 Å². The fraction of sp³-hybridized carbons (Fsp3) is 0.0357. The molecule has 274 valence electrons. The van der Waals surface area contributed by atoms with E-state index in [-0.39, 0.29) is 0 Å². The fourth-order valence-electron chi connectivity index (χ4n) is 9.25. The van der Waals surface area contributed by atoms with Crippen LogP contribution in [0.25, 0.3) is 66.4 Å². The molecule has 1 heterocycles. The Bertz CT molecular complexity index is 3060. The van der Waals surface area contributed by atoms with Crippen molar-refractivity contribution in [3.63, 3.8) is 0 Å². The summed E-state index contributed by atoms with van der Waals surface area (Å²) in [7, 11) is 0. The summed E-state index contributed by atoms with van der Waals surface area (Å²) in [5, 5.41) is 2.26. The molecule has 2 heteroatoms. The van der Waals surface area contributed by atoms with E-state index in [1.54, 1.807) is 0 Å². The van der Waals surface area contributed by atoms with E-state index < -0.39 is 5.41 Å². The van der Waals surface area contributed by atoms with Crippen molar-refractivity contribution in [3.05, 3.63) is 235 Å². The van der Waals surface area contributed by atoms with E-state index in [1.807, 2.05) is 0 Å². The van der Waals surface area contributed by atoms with Crippen LogP contribution in [0.2, 0.25) is 0 Å². The predicted molar refractivity (Wildman–Crippen MR) is 242 cm³/mol. The highest BCUT2D eigenvalue weighted by Crippen LogP contribution is 2.55. The Morgan fingerprint density at radius 3 is 1.48 bits per heavy atom. The Balaban J connectivity index is 1.06. The zero-order valence-corrected chi connectivity index (χ0v) is 32.1. The van der Waals surface area contributed by atoms with E-state index in [0.29, 0.717) is 0 Å². The van der Waals surface area contributed by atoms with E-state index in [4.69, 9.17) is 4.42 Å². The van der Waals surface area contributed by atoms with Crippen LogP contribution in [0.1, 0.15) is 23.6 Å². The van der Waals surface area contributed by atoms with Crippen molar-refractivity contribution in [2.24, 2.45) is 0 Å². The molecule has 9 aromatic carbocycles. The lowest BCUT2D eigenvalue weighted by Gasteiger charge is -2.29. The standard InChI is InChI=1S/C56H39NO/c1-56(51-24-11-8-21-47(51)48-22-9-12-25-52(48)56)53-37-43(36-50-49-23-10-13-26-54(49)58-55(50)53)41-29-33-45(34-30-41)57(44-31-27-40(28-32-44)38-15-4-2-5-16-38)46-20-14-19-42(35-46)39-17-6-3-7-18-39/h2-37H,1H3. The number of hydrogen-bond acceptors (Lipinski definition) is 2. The van der Waals surface area contributed by atoms with Gasteiger partial charge in [0.2, 0.25) is 0 Å². The number of fused-ring (bicyclic) bond motifs is 6. The zero-order chi connectivity index (χ0) is 38.6. The maximum Gasteiger partial charge on any atom is 0.139 e. The number of nitrogens with zero attached hydrogens (tertiary/aromatic N) is 1. The lowest BCUT2D eigenvalue weighted by Crippen LogP contribution is -2.22. The molecule has 0 aliphatic heterocycles. The molecule has 0 saturated heterocycles. The second-order valence-corrected chi connectivity index (χ2v) is 15.4. The molecule has 1 aliphatic rings. The normalized spacial score (nSPS) is 12.7. The van der Waals surface area contributed by atoms with Crippen molar-refractivity contribution in [1.29, 1.82) is 0 Å².